The van der Waals surface area contributed by atoms with Crippen molar-refractivity contribution in [2.45, 2.75) is 13.3 Å². The Kier molecular flexibility index (Phi) is 3.42. The minimum Gasteiger partial charge on any atom is -0.478 e. The van der Waals surface area contributed by atoms with E-state index in [-0.39, 0.29) is 5.56 Å². The van der Waals surface area contributed by atoms with Gasteiger partial charge in [0.1, 0.15) is 5.82 Å². The van der Waals surface area contributed by atoms with Crippen molar-refractivity contribution in [3.8, 4) is 11.1 Å². The zero-order valence-electron chi connectivity index (χ0n) is 9.98. The van der Waals surface area contributed by atoms with Gasteiger partial charge in [-0.1, -0.05) is 31.2 Å². The molecule has 0 amide bonds. The second-order valence-electron chi connectivity index (χ2n) is 4.05. The summed E-state index contributed by atoms with van der Waals surface area (Å²) in [6.07, 6.45) is 0.912. The molecule has 0 aromatic heterocycles. The number of halogens is 1. The third-order valence-electron chi connectivity index (χ3n) is 2.89. The van der Waals surface area contributed by atoms with E-state index < -0.39 is 11.8 Å². The molecule has 0 heterocycles. The number of aromatic carboxylic acids is 1. The molecule has 2 aromatic carbocycles. The smallest absolute Gasteiger partial charge is 0.336 e. The summed E-state index contributed by atoms with van der Waals surface area (Å²) >= 11 is 0. The van der Waals surface area contributed by atoms with E-state index in [1.165, 1.54) is 12.1 Å². The molecule has 0 atom stereocenters. The molecule has 2 aromatic rings. The quantitative estimate of drug-likeness (QED) is 0.892. The molecule has 0 aliphatic heterocycles. The van der Waals surface area contributed by atoms with E-state index in [4.69, 9.17) is 5.11 Å². The number of carbonyl (C=O) groups is 1. The lowest BCUT2D eigenvalue weighted by molar-refractivity contribution is 0.0697. The largest absolute Gasteiger partial charge is 0.478 e. The van der Waals surface area contributed by atoms with Crippen molar-refractivity contribution in [1.29, 1.82) is 0 Å². The maximum absolute atomic E-state index is 13.2. The van der Waals surface area contributed by atoms with Crippen molar-refractivity contribution in [3.05, 3.63) is 59.4 Å². The van der Waals surface area contributed by atoms with Gasteiger partial charge in [-0.25, -0.2) is 9.18 Å². The minimum atomic E-state index is -1.05. The van der Waals surface area contributed by atoms with Gasteiger partial charge in [0.2, 0.25) is 0 Å². The van der Waals surface area contributed by atoms with Crippen LogP contribution in [0.2, 0.25) is 0 Å². The summed E-state index contributed by atoms with van der Waals surface area (Å²) in [6.45, 7) is 2.04. The van der Waals surface area contributed by atoms with Crippen LogP contribution < -0.4 is 0 Å². The van der Waals surface area contributed by atoms with Gasteiger partial charge in [0.15, 0.2) is 0 Å². The number of benzene rings is 2. The topological polar surface area (TPSA) is 37.3 Å². The first-order valence-corrected chi connectivity index (χ1v) is 5.74. The first-order valence-electron chi connectivity index (χ1n) is 5.74. The highest BCUT2D eigenvalue weighted by molar-refractivity contribution is 5.96. The Labute approximate surface area is 105 Å². The van der Waals surface area contributed by atoms with Crippen LogP contribution >= 0.6 is 0 Å². The van der Waals surface area contributed by atoms with E-state index in [2.05, 4.69) is 0 Å². The third kappa shape index (κ3) is 2.40. The zero-order chi connectivity index (χ0) is 13.1. The van der Waals surface area contributed by atoms with Crippen LogP contribution in [-0.2, 0) is 6.42 Å². The summed E-state index contributed by atoms with van der Waals surface area (Å²) in [7, 11) is 0. The highest BCUT2D eigenvalue weighted by Crippen LogP contribution is 2.25. The summed E-state index contributed by atoms with van der Waals surface area (Å²) in [6, 6.07) is 11.2. The van der Waals surface area contributed by atoms with Crippen molar-refractivity contribution >= 4 is 5.97 Å². The van der Waals surface area contributed by atoms with Crippen LogP contribution in [0, 0.1) is 5.82 Å². The Morgan fingerprint density at radius 3 is 2.39 bits per heavy atom. The fourth-order valence-corrected chi connectivity index (χ4v) is 1.86. The van der Waals surface area contributed by atoms with Crippen LogP contribution in [0.1, 0.15) is 22.8 Å². The lowest BCUT2D eigenvalue weighted by Crippen LogP contribution is -2.00. The standard InChI is InChI=1S/C15H13FO2/c1-2-10-3-5-11(6-4-10)14-9-12(16)7-8-13(14)15(17)18/h3-9H,2H2,1H3,(H,17,18). The summed E-state index contributed by atoms with van der Waals surface area (Å²) in [5.41, 5.74) is 2.39. The number of carboxylic acids is 1. The lowest BCUT2D eigenvalue weighted by atomic mass is 9.98. The maximum Gasteiger partial charge on any atom is 0.336 e. The van der Waals surface area contributed by atoms with Crippen molar-refractivity contribution in [2.75, 3.05) is 0 Å². The molecule has 2 nitrogen and oxygen atoms in total. The van der Waals surface area contributed by atoms with Gasteiger partial charge in [-0.3, -0.25) is 0 Å². The predicted molar refractivity (Wildman–Crippen MR) is 68.2 cm³/mol. The van der Waals surface area contributed by atoms with Gasteiger partial charge >= 0.3 is 5.97 Å². The van der Waals surface area contributed by atoms with Crippen LogP contribution in [0.5, 0.6) is 0 Å². The summed E-state index contributed by atoms with van der Waals surface area (Å²) in [4.78, 5) is 11.1. The molecule has 0 radical (unpaired) electrons. The van der Waals surface area contributed by atoms with Gasteiger partial charge in [-0.2, -0.15) is 0 Å². The van der Waals surface area contributed by atoms with Crippen molar-refractivity contribution in [3.63, 3.8) is 0 Å². The lowest BCUT2D eigenvalue weighted by Gasteiger charge is -2.07. The van der Waals surface area contributed by atoms with Gasteiger partial charge in [0, 0.05) is 0 Å². The molecule has 0 fully saturated rings. The van der Waals surface area contributed by atoms with Crippen LogP contribution in [-0.4, -0.2) is 11.1 Å². The van der Waals surface area contributed by atoms with Crippen molar-refractivity contribution in [1.82, 2.24) is 0 Å². The third-order valence-corrected chi connectivity index (χ3v) is 2.89. The van der Waals surface area contributed by atoms with Crippen molar-refractivity contribution < 1.29 is 14.3 Å². The molecular weight excluding hydrogens is 231 g/mol. The Bertz CT molecular complexity index is 574. The maximum atomic E-state index is 13.2. The second-order valence-corrected chi connectivity index (χ2v) is 4.05. The van der Waals surface area contributed by atoms with Crippen LogP contribution in [0.25, 0.3) is 11.1 Å². The van der Waals surface area contributed by atoms with E-state index in [9.17, 15) is 9.18 Å². The molecule has 0 saturated heterocycles. The molecule has 92 valence electrons. The zero-order valence-corrected chi connectivity index (χ0v) is 9.98. The average molecular weight is 244 g/mol. The SMILES string of the molecule is CCc1ccc(-c2cc(F)ccc2C(=O)O)cc1. The molecule has 0 saturated carbocycles. The fraction of sp³-hybridized carbons (Fsp3) is 0.133. The predicted octanol–water partition coefficient (Wildman–Crippen LogP) is 3.75. The molecule has 0 aliphatic rings. The Morgan fingerprint density at radius 1 is 1.17 bits per heavy atom. The number of hydrogen-bond acceptors (Lipinski definition) is 1. The Morgan fingerprint density at radius 2 is 1.83 bits per heavy atom. The summed E-state index contributed by atoms with van der Waals surface area (Å²) in [5, 5.41) is 9.10. The number of aryl methyl sites for hydroxylation is 1. The van der Waals surface area contributed by atoms with E-state index in [1.807, 2.05) is 31.2 Å². The van der Waals surface area contributed by atoms with Gasteiger partial charge in [-0.05, 0) is 41.3 Å². The van der Waals surface area contributed by atoms with Gasteiger partial charge in [0.05, 0.1) is 5.56 Å². The molecule has 18 heavy (non-hydrogen) atoms. The fourth-order valence-electron chi connectivity index (χ4n) is 1.86. The number of hydrogen-bond donors (Lipinski definition) is 1. The Balaban J connectivity index is 2.54. The molecule has 2 rings (SSSR count). The highest BCUT2D eigenvalue weighted by atomic mass is 19.1. The molecule has 0 bridgehead atoms. The summed E-state index contributed by atoms with van der Waals surface area (Å²) in [5.74, 6) is -1.49. The normalized spacial score (nSPS) is 10.3. The average Bonchev–Trinajstić information content (AvgIpc) is 2.38. The molecule has 0 aliphatic carbocycles. The highest BCUT2D eigenvalue weighted by Gasteiger charge is 2.12. The van der Waals surface area contributed by atoms with Crippen LogP contribution in [0.4, 0.5) is 4.39 Å². The van der Waals surface area contributed by atoms with Crippen LogP contribution in [0.15, 0.2) is 42.5 Å². The molecule has 0 spiro atoms. The molecule has 0 unspecified atom stereocenters. The molecular formula is C15H13FO2. The molecule has 3 heteroatoms. The molecule has 1 N–H and O–H groups in total. The van der Waals surface area contributed by atoms with Gasteiger partial charge in [0.25, 0.3) is 0 Å². The first-order chi connectivity index (χ1) is 8.61. The van der Waals surface area contributed by atoms with Crippen molar-refractivity contribution in [2.24, 2.45) is 0 Å². The number of rotatable bonds is 3. The minimum absolute atomic E-state index is 0.112. The van der Waals surface area contributed by atoms with Crippen LogP contribution in [0.3, 0.4) is 0 Å². The summed E-state index contributed by atoms with van der Waals surface area (Å²) < 4.78 is 13.2. The van der Waals surface area contributed by atoms with E-state index in [0.717, 1.165) is 18.1 Å². The number of carboxylic acid groups (broad SMARTS) is 1. The van der Waals surface area contributed by atoms with E-state index in [1.54, 1.807) is 0 Å². The van der Waals surface area contributed by atoms with Gasteiger partial charge < -0.3 is 5.11 Å². The van der Waals surface area contributed by atoms with Gasteiger partial charge in [-0.15, -0.1) is 0 Å². The van der Waals surface area contributed by atoms with E-state index in [0.29, 0.717) is 11.1 Å². The Hall–Kier alpha value is -2.16. The van der Waals surface area contributed by atoms with E-state index >= 15 is 0 Å². The second kappa shape index (κ2) is 5.00. The first kappa shape index (κ1) is 12.3. The monoisotopic (exact) mass is 244 g/mol.